The van der Waals surface area contributed by atoms with Crippen LogP contribution >= 0.6 is 11.6 Å². The van der Waals surface area contributed by atoms with Crippen molar-refractivity contribution in [2.75, 3.05) is 44.6 Å². The van der Waals surface area contributed by atoms with E-state index in [-0.39, 0.29) is 6.03 Å². The molecule has 6 heteroatoms. The molecule has 0 unspecified atom stereocenters. The van der Waals surface area contributed by atoms with Crippen LogP contribution in [0.1, 0.15) is 6.42 Å². The van der Waals surface area contributed by atoms with Gasteiger partial charge in [-0.3, -0.25) is 0 Å². The van der Waals surface area contributed by atoms with Crippen molar-refractivity contribution in [2.24, 2.45) is 0 Å². The van der Waals surface area contributed by atoms with E-state index in [1.807, 2.05) is 12.1 Å². The minimum absolute atomic E-state index is 0.210. The lowest BCUT2D eigenvalue weighted by molar-refractivity contribution is 0.234. The topological polar surface area (TPSA) is 56.4 Å². The number of benzene rings is 1. The van der Waals surface area contributed by atoms with Crippen LogP contribution in [-0.4, -0.2) is 50.2 Å². The number of hydrogen-bond donors (Lipinski definition) is 3. The SMILES string of the molecule is O=C(NCCCN1CCNCC1)Nc1ccccc1Cl. The van der Waals surface area contributed by atoms with E-state index < -0.39 is 0 Å². The first-order chi connectivity index (χ1) is 9.75. The first-order valence-electron chi connectivity index (χ1n) is 6.98. The fourth-order valence-corrected chi connectivity index (χ4v) is 2.35. The van der Waals surface area contributed by atoms with Crippen LogP contribution in [0.15, 0.2) is 24.3 Å². The Balaban J connectivity index is 1.61. The van der Waals surface area contributed by atoms with Gasteiger partial charge in [-0.2, -0.15) is 0 Å². The summed E-state index contributed by atoms with van der Waals surface area (Å²) in [6.07, 6.45) is 0.954. The van der Waals surface area contributed by atoms with Crippen LogP contribution in [0.3, 0.4) is 0 Å². The minimum atomic E-state index is -0.210. The number of para-hydroxylation sites is 1. The Morgan fingerprint density at radius 1 is 1.30 bits per heavy atom. The van der Waals surface area contributed by atoms with Crippen molar-refractivity contribution in [3.63, 3.8) is 0 Å². The number of carbonyl (C=O) groups excluding carboxylic acids is 1. The van der Waals surface area contributed by atoms with Crippen molar-refractivity contribution >= 4 is 23.3 Å². The number of anilines is 1. The van der Waals surface area contributed by atoms with Crippen LogP contribution in [-0.2, 0) is 0 Å². The molecule has 1 aliphatic heterocycles. The average molecular weight is 297 g/mol. The Hall–Kier alpha value is -1.30. The molecule has 110 valence electrons. The van der Waals surface area contributed by atoms with Gasteiger partial charge < -0.3 is 20.9 Å². The molecule has 1 aromatic rings. The summed E-state index contributed by atoms with van der Waals surface area (Å²) in [6.45, 7) is 5.98. The van der Waals surface area contributed by atoms with Gasteiger partial charge in [-0.1, -0.05) is 23.7 Å². The predicted molar refractivity (Wildman–Crippen MR) is 82.4 cm³/mol. The van der Waals surface area contributed by atoms with Gasteiger partial charge in [0, 0.05) is 32.7 Å². The van der Waals surface area contributed by atoms with Crippen molar-refractivity contribution in [1.29, 1.82) is 0 Å². The number of urea groups is 1. The van der Waals surface area contributed by atoms with Crippen molar-refractivity contribution in [2.45, 2.75) is 6.42 Å². The molecule has 1 aromatic carbocycles. The van der Waals surface area contributed by atoms with Gasteiger partial charge in [-0.05, 0) is 25.1 Å². The summed E-state index contributed by atoms with van der Waals surface area (Å²) < 4.78 is 0. The van der Waals surface area contributed by atoms with Gasteiger partial charge >= 0.3 is 6.03 Å². The molecule has 1 saturated heterocycles. The summed E-state index contributed by atoms with van der Waals surface area (Å²) in [5, 5.41) is 9.46. The van der Waals surface area contributed by atoms with Gasteiger partial charge in [-0.25, -0.2) is 4.79 Å². The fourth-order valence-electron chi connectivity index (χ4n) is 2.17. The number of amides is 2. The van der Waals surface area contributed by atoms with Gasteiger partial charge in [0.15, 0.2) is 0 Å². The van der Waals surface area contributed by atoms with Crippen molar-refractivity contribution in [1.82, 2.24) is 15.5 Å². The van der Waals surface area contributed by atoms with Crippen molar-refractivity contribution in [3.05, 3.63) is 29.3 Å². The predicted octanol–water partition coefficient (Wildman–Crippen LogP) is 1.76. The van der Waals surface area contributed by atoms with E-state index in [0.29, 0.717) is 17.3 Å². The quantitative estimate of drug-likeness (QED) is 0.726. The van der Waals surface area contributed by atoms with E-state index in [1.54, 1.807) is 12.1 Å². The zero-order valence-electron chi connectivity index (χ0n) is 11.5. The molecular formula is C14H21ClN4O. The van der Waals surface area contributed by atoms with Crippen LogP contribution in [0.2, 0.25) is 5.02 Å². The number of rotatable bonds is 5. The number of carbonyl (C=O) groups is 1. The van der Waals surface area contributed by atoms with E-state index in [0.717, 1.165) is 39.1 Å². The highest BCUT2D eigenvalue weighted by atomic mass is 35.5. The molecule has 3 N–H and O–H groups in total. The van der Waals surface area contributed by atoms with Gasteiger partial charge in [0.25, 0.3) is 0 Å². The minimum Gasteiger partial charge on any atom is -0.338 e. The molecule has 2 amide bonds. The van der Waals surface area contributed by atoms with Crippen LogP contribution in [0.4, 0.5) is 10.5 Å². The summed E-state index contributed by atoms with van der Waals surface area (Å²) in [5.74, 6) is 0. The molecule has 1 heterocycles. The van der Waals surface area contributed by atoms with E-state index in [9.17, 15) is 4.79 Å². The molecule has 0 bridgehead atoms. The molecule has 0 spiro atoms. The Labute approximate surface area is 124 Å². The normalized spacial score (nSPS) is 15.8. The van der Waals surface area contributed by atoms with E-state index in [2.05, 4.69) is 20.9 Å². The molecule has 20 heavy (non-hydrogen) atoms. The van der Waals surface area contributed by atoms with Gasteiger partial charge in [-0.15, -0.1) is 0 Å². The van der Waals surface area contributed by atoms with Crippen LogP contribution in [0, 0.1) is 0 Å². The van der Waals surface area contributed by atoms with Gasteiger partial charge in [0.1, 0.15) is 0 Å². The summed E-state index contributed by atoms with van der Waals surface area (Å²) in [7, 11) is 0. The first kappa shape index (κ1) is 15.1. The summed E-state index contributed by atoms with van der Waals surface area (Å²) in [6, 6.07) is 6.99. The molecule has 0 aromatic heterocycles. The maximum absolute atomic E-state index is 11.7. The highest BCUT2D eigenvalue weighted by Gasteiger charge is 2.09. The smallest absolute Gasteiger partial charge is 0.319 e. The molecule has 0 radical (unpaired) electrons. The highest BCUT2D eigenvalue weighted by molar-refractivity contribution is 6.33. The second kappa shape index (κ2) is 8.09. The number of nitrogens with one attached hydrogen (secondary N) is 3. The highest BCUT2D eigenvalue weighted by Crippen LogP contribution is 2.19. The van der Waals surface area contributed by atoms with Gasteiger partial charge in [0.05, 0.1) is 10.7 Å². The Morgan fingerprint density at radius 3 is 2.80 bits per heavy atom. The molecule has 0 aliphatic carbocycles. The summed E-state index contributed by atoms with van der Waals surface area (Å²) in [5.41, 5.74) is 0.633. The lowest BCUT2D eigenvalue weighted by atomic mass is 10.3. The van der Waals surface area contributed by atoms with Gasteiger partial charge in [0.2, 0.25) is 0 Å². The Bertz CT molecular complexity index is 435. The number of halogens is 1. The molecular weight excluding hydrogens is 276 g/mol. The molecule has 0 atom stereocenters. The number of hydrogen-bond acceptors (Lipinski definition) is 3. The zero-order valence-corrected chi connectivity index (χ0v) is 12.2. The van der Waals surface area contributed by atoms with Crippen molar-refractivity contribution < 1.29 is 4.79 Å². The van der Waals surface area contributed by atoms with E-state index in [1.165, 1.54) is 0 Å². The maximum Gasteiger partial charge on any atom is 0.319 e. The maximum atomic E-state index is 11.7. The standard InChI is InChI=1S/C14H21ClN4O/c15-12-4-1-2-5-13(12)18-14(20)17-6-3-9-19-10-7-16-8-11-19/h1-2,4-5,16H,3,6-11H2,(H2,17,18,20). The van der Waals surface area contributed by atoms with E-state index in [4.69, 9.17) is 11.6 Å². The number of piperazine rings is 1. The molecule has 0 saturated carbocycles. The van der Waals surface area contributed by atoms with E-state index >= 15 is 0 Å². The monoisotopic (exact) mass is 296 g/mol. The Morgan fingerprint density at radius 2 is 2.05 bits per heavy atom. The molecule has 1 aliphatic rings. The third kappa shape index (κ3) is 5.00. The Kier molecular flexibility index (Phi) is 6.11. The zero-order chi connectivity index (χ0) is 14.2. The number of nitrogens with zero attached hydrogens (tertiary/aromatic N) is 1. The molecule has 1 fully saturated rings. The third-order valence-electron chi connectivity index (χ3n) is 3.27. The summed E-state index contributed by atoms with van der Waals surface area (Å²) in [4.78, 5) is 14.1. The van der Waals surface area contributed by atoms with Crippen LogP contribution < -0.4 is 16.0 Å². The molecule has 5 nitrogen and oxygen atoms in total. The third-order valence-corrected chi connectivity index (χ3v) is 3.60. The largest absolute Gasteiger partial charge is 0.338 e. The molecule has 2 rings (SSSR count). The lowest BCUT2D eigenvalue weighted by Gasteiger charge is -2.27. The first-order valence-corrected chi connectivity index (χ1v) is 7.36. The van der Waals surface area contributed by atoms with Crippen LogP contribution in [0.5, 0.6) is 0 Å². The van der Waals surface area contributed by atoms with Crippen molar-refractivity contribution in [3.8, 4) is 0 Å². The average Bonchev–Trinajstić information content (AvgIpc) is 2.47. The van der Waals surface area contributed by atoms with Crippen LogP contribution in [0.25, 0.3) is 0 Å². The second-order valence-corrected chi connectivity index (χ2v) is 5.21. The second-order valence-electron chi connectivity index (χ2n) is 4.81. The summed E-state index contributed by atoms with van der Waals surface area (Å²) >= 11 is 5.98. The fraction of sp³-hybridized carbons (Fsp3) is 0.500. The lowest BCUT2D eigenvalue weighted by Crippen LogP contribution is -2.44.